The molecule has 1 aromatic rings. The number of nitrogens with two attached hydrogens (primary N) is 1. The molecule has 16 heavy (non-hydrogen) atoms. The van der Waals surface area contributed by atoms with E-state index >= 15 is 0 Å². The van der Waals surface area contributed by atoms with Gasteiger partial charge in [-0.2, -0.15) is 5.10 Å². The molecule has 0 saturated carbocycles. The first-order valence-electron chi connectivity index (χ1n) is 5.27. The molecule has 1 atom stereocenters. The van der Waals surface area contributed by atoms with Crippen molar-refractivity contribution in [3.63, 3.8) is 0 Å². The molecule has 1 aromatic heterocycles. The lowest BCUT2D eigenvalue weighted by Crippen LogP contribution is -2.33. The Morgan fingerprint density at radius 2 is 2.00 bits per heavy atom. The molecule has 6 heteroatoms. The van der Waals surface area contributed by atoms with Gasteiger partial charge in [-0.05, 0) is 29.8 Å². The van der Waals surface area contributed by atoms with E-state index < -0.39 is 6.29 Å². The Hall–Kier alpha value is -0.430. The molecule has 1 rings (SSSR count). The molecule has 0 saturated heterocycles. The Kier molecular flexibility index (Phi) is 5.40. The topological polar surface area (TPSA) is 62.3 Å². The first-order chi connectivity index (χ1) is 7.61. The van der Waals surface area contributed by atoms with Gasteiger partial charge < -0.3 is 15.2 Å². The van der Waals surface area contributed by atoms with E-state index in [1.807, 2.05) is 20.9 Å². The molecule has 0 amide bonds. The highest BCUT2D eigenvalue weighted by atomic mass is 79.9. The second-order valence-corrected chi connectivity index (χ2v) is 4.16. The van der Waals surface area contributed by atoms with Crippen LogP contribution in [0.3, 0.4) is 0 Å². The van der Waals surface area contributed by atoms with E-state index in [4.69, 9.17) is 15.2 Å². The lowest BCUT2D eigenvalue weighted by atomic mass is 10.2. The molecule has 5 nitrogen and oxygen atoms in total. The fourth-order valence-electron chi connectivity index (χ4n) is 1.51. The fraction of sp³-hybridized carbons (Fsp3) is 0.700. The molecular formula is C10H18BrN3O2. The minimum Gasteiger partial charge on any atom is -0.351 e. The third kappa shape index (κ3) is 3.04. The molecule has 0 bridgehead atoms. The minimum atomic E-state index is -0.443. The van der Waals surface area contributed by atoms with E-state index in [2.05, 4.69) is 21.0 Å². The summed E-state index contributed by atoms with van der Waals surface area (Å²) in [6.07, 6.45) is 1.27. The Bertz CT molecular complexity index is 304. The van der Waals surface area contributed by atoms with Crippen molar-refractivity contribution in [2.45, 2.75) is 26.2 Å². The maximum atomic E-state index is 6.12. The first kappa shape index (κ1) is 13.6. The molecule has 2 N–H and O–H groups in total. The number of hydrogen-bond donors (Lipinski definition) is 1. The number of aromatic nitrogens is 2. The molecule has 0 aliphatic rings. The van der Waals surface area contributed by atoms with Crippen molar-refractivity contribution in [2.24, 2.45) is 12.8 Å². The zero-order chi connectivity index (χ0) is 12.1. The standard InChI is InChI=1S/C10H18BrN3O2/c1-4-15-10(16-5-2)8(12)9-7(11)6-13-14(9)3/h6,8,10H,4-5,12H2,1-3H3. The van der Waals surface area contributed by atoms with Crippen LogP contribution in [0.5, 0.6) is 0 Å². The molecule has 1 unspecified atom stereocenters. The largest absolute Gasteiger partial charge is 0.351 e. The number of aryl methyl sites for hydroxylation is 1. The predicted octanol–water partition coefficient (Wildman–Crippen LogP) is 1.58. The Morgan fingerprint density at radius 3 is 2.38 bits per heavy atom. The summed E-state index contributed by atoms with van der Waals surface area (Å²) in [5.74, 6) is 0. The maximum absolute atomic E-state index is 6.12. The number of halogens is 1. The predicted molar refractivity (Wildman–Crippen MR) is 64.9 cm³/mol. The van der Waals surface area contributed by atoms with Gasteiger partial charge in [0.25, 0.3) is 0 Å². The molecule has 1 heterocycles. The fourth-order valence-corrected chi connectivity index (χ4v) is 2.12. The summed E-state index contributed by atoms with van der Waals surface area (Å²) in [6.45, 7) is 4.95. The molecular weight excluding hydrogens is 274 g/mol. The number of hydrogen-bond acceptors (Lipinski definition) is 4. The third-order valence-electron chi connectivity index (χ3n) is 2.21. The van der Waals surface area contributed by atoms with Crippen LogP contribution in [0, 0.1) is 0 Å². The Labute approximate surface area is 104 Å². The van der Waals surface area contributed by atoms with Crippen LogP contribution in [0.25, 0.3) is 0 Å². The van der Waals surface area contributed by atoms with Crippen molar-refractivity contribution >= 4 is 15.9 Å². The van der Waals surface area contributed by atoms with Crippen molar-refractivity contribution in [1.82, 2.24) is 9.78 Å². The summed E-state index contributed by atoms with van der Waals surface area (Å²) in [6, 6.07) is -0.359. The zero-order valence-corrected chi connectivity index (χ0v) is 11.4. The van der Waals surface area contributed by atoms with E-state index in [-0.39, 0.29) is 6.04 Å². The van der Waals surface area contributed by atoms with Gasteiger partial charge in [-0.3, -0.25) is 4.68 Å². The number of ether oxygens (including phenoxy) is 2. The molecule has 92 valence electrons. The van der Waals surface area contributed by atoms with E-state index in [0.29, 0.717) is 13.2 Å². The normalized spacial score (nSPS) is 13.4. The van der Waals surface area contributed by atoms with Crippen LogP contribution in [-0.4, -0.2) is 29.3 Å². The smallest absolute Gasteiger partial charge is 0.178 e. The summed E-state index contributed by atoms with van der Waals surface area (Å²) >= 11 is 3.41. The average molecular weight is 292 g/mol. The molecule has 0 fully saturated rings. The second kappa shape index (κ2) is 6.34. The lowest BCUT2D eigenvalue weighted by Gasteiger charge is -2.23. The van der Waals surface area contributed by atoms with Crippen LogP contribution in [-0.2, 0) is 16.5 Å². The van der Waals surface area contributed by atoms with Gasteiger partial charge in [0.2, 0.25) is 0 Å². The molecule has 0 aliphatic heterocycles. The van der Waals surface area contributed by atoms with Gasteiger partial charge in [-0.25, -0.2) is 0 Å². The van der Waals surface area contributed by atoms with Gasteiger partial charge >= 0.3 is 0 Å². The SMILES string of the molecule is CCOC(OCC)C(N)c1c(Br)cnn1C. The highest BCUT2D eigenvalue weighted by Crippen LogP contribution is 2.25. The summed E-state index contributed by atoms with van der Waals surface area (Å²) in [7, 11) is 1.84. The van der Waals surface area contributed by atoms with Gasteiger partial charge in [-0.1, -0.05) is 0 Å². The summed E-state index contributed by atoms with van der Waals surface area (Å²) in [5, 5.41) is 4.12. The van der Waals surface area contributed by atoms with Gasteiger partial charge in [0, 0.05) is 20.3 Å². The number of rotatable bonds is 6. The number of nitrogens with zero attached hydrogens (tertiary/aromatic N) is 2. The zero-order valence-electron chi connectivity index (χ0n) is 9.81. The maximum Gasteiger partial charge on any atom is 0.178 e. The van der Waals surface area contributed by atoms with Crippen molar-refractivity contribution in [3.05, 3.63) is 16.4 Å². The van der Waals surface area contributed by atoms with E-state index in [1.54, 1.807) is 10.9 Å². The second-order valence-electron chi connectivity index (χ2n) is 3.31. The van der Waals surface area contributed by atoms with Crippen molar-refractivity contribution < 1.29 is 9.47 Å². The summed E-state index contributed by atoms with van der Waals surface area (Å²) in [5.41, 5.74) is 6.98. The van der Waals surface area contributed by atoms with Crippen LogP contribution < -0.4 is 5.73 Å². The Morgan fingerprint density at radius 1 is 1.44 bits per heavy atom. The van der Waals surface area contributed by atoms with E-state index in [0.717, 1.165) is 10.2 Å². The van der Waals surface area contributed by atoms with Crippen LogP contribution in [0.15, 0.2) is 10.7 Å². The Balaban J connectivity index is 2.84. The molecule has 0 spiro atoms. The van der Waals surface area contributed by atoms with Crippen LogP contribution >= 0.6 is 15.9 Å². The minimum absolute atomic E-state index is 0.359. The highest BCUT2D eigenvalue weighted by Gasteiger charge is 2.25. The van der Waals surface area contributed by atoms with E-state index in [9.17, 15) is 0 Å². The van der Waals surface area contributed by atoms with E-state index in [1.165, 1.54) is 0 Å². The first-order valence-corrected chi connectivity index (χ1v) is 6.07. The molecule has 0 aliphatic carbocycles. The van der Waals surface area contributed by atoms with Crippen LogP contribution in [0.2, 0.25) is 0 Å². The quantitative estimate of drug-likeness (QED) is 0.809. The third-order valence-corrected chi connectivity index (χ3v) is 2.82. The van der Waals surface area contributed by atoms with Crippen molar-refractivity contribution in [1.29, 1.82) is 0 Å². The van der Waals surface area contributed by atoms with Crippen molar-refractivity contribution in [2.75, 3.05) is 13.2 Å². The summed E-state index contributed by atoms with van der Waals surface area (Å²) in [4.78, 5) is 0. The average Bonchev–Trinajstić information content (AvgIpc) is 2.57. The van der Waals surface area contributed by atoms with Gasteiger partial charge in [-0.15, -0.1) is 0 Å². The van der Waals surface area contributed by atoms with Gasteiger partial charge in [0.1, 0.15) is 0 Å². The molecule has 0 radical (unpaired) electrons. The van der Waals surface area contributed by atoms with Gasteiger partial charge in [0.05, 0.1) is 22.4 Å². The van der Waals surface area contributed by atoms with Gasteiger partial charge in [0.15, 0.2) is 6.29 Å². The highest BCUT2D eigenvalue weighted by molar-refractivity contribution is 9.10. The monoisotopic (exact) mass is 291 g/mol. The lowest BCUT2D eigenvalue weighted by molar-refractivity contribution is -0.150. The molecule has 0 aromatic carbocycles. The van der Waals surface area contributed by atoms with Crippen molar-refractivity contribution in [3.8, 4) is 0 Å². The van der Waals surface area contributed by atoms with Crippen LogP contribution in [0.1, 0.15) is 25.6 Å². The summed E-state index contributed by atoms with van der Waals surface area (Å²) < 4.78 is 13.5. The van der Waals surface area contributed by atoms with Crippen LogP contribution in [0.4, 0.5) is 0 Å².